The van der Waals surface area contributed by atoms with Gasteiger partial charge in [0, 0.05) is 5.56 Å². The highest BCUT2D eigenvalue weighted by Gasteiger charge is 2.14. The fraction of sp³-hybridized carbons (Fsp3) is 0.0833. The van der Waals surface area contributed by atoms with Gasteiger partial charge in [-0.25, -0.2) is 9.67 Å². The third-order valence-corrected chi connectivity index (χ3v) is 2.51. The smallest absolute Gasteiger partial charge is 0.185 e. The summed E-state index contributed by atoms with van der Waals surface area (Å²) in [5, 5.41) is 8.15. The Morgan fingerprint density at radius 3 is 2.71 bits per heavy atom. The zero-order chi connectivity index (χ0) is 11.7. The van der Waals surface area contributed by atoms with Gasteiger partial charge in [0.2, 0.25) is 0 Å². The first-order chi connectivity index (χ1) is 8.36. The molecule has 3 aromatic rings. The van der Waals surface area contributed by atoms with E-state index in [-0.39, 0.29) is 0 Å². The molecule has 1 aromatic carbocycles. The second-order valence-electron chi connectivity index (χ2n) is 3.68. The zero-order valence-corrected chi connectivity index (χ0v) is 9.24. The van der Waals surface area contributed by atoms with Crippen molar-refractivity contribution in [3.63, 3.8) is 0 Å². The zero-order valence-electron chi connectivity index (χ0n) is 9.24. The molecule has 0 aliphatic carbocycles. The third-order valence-electron chi connectivity index (χ3n) is 2.51. The first-order valence-electron chi connectivity index (χ1n) is 5.23. The quantitative estimate of drug-likeness (QED) is 0.672. The van der Waals surface area contributed by atoms with Crippen molar-refractivity contribution in [2.45, 2.75) is 6.92 Å². The minimum absolute atomic E-state index is 0.683. The van der Waals surface area contributed by atoms with Crippen LogP contribution in [0.4, 0.5) is 0 Å². The molecule has 17 heavy (non-hydrogen) atoms. The molecule has 0 saturated carbocycles. The molecule has 0 aliphatic heterocycles. The summed E-state index contributed by atoms with van der Waals surface area (Å²) in [6, 6.07) is 9.80. The van der Waals surface area contributed by atoms with Gasteiger partial charge >= 0.3 is 0 Å². The molecule has 0 atom stereocenters. The molecule has 0 bridgehead atoms. The van der Waals surface area contributed by atoms with Crippen molar-refractivity contribution in [3.8, 4) is 17.2 Å². The fourth-order valence-electron chi connectivity index (χ4n) is 1.66. The lowest BCUT2D eigenvalue weighted by molar-refractivity contribution is 0.421. The van der Waals surface area contributed by atoms with Crippen molar-refractivity contribution in [1.29, 1.82) is 0 Å². The van der Waals surface area contributed by atoms with E-state index >= 15 is 0 Å². The van der Waals surface area contributed by atoms with Gasteiger partial charge in [0.05, 0.1) is 5.69 Å². The van der Waals surface area contributed by atoms with Gasteiger partial charge in [-0.2, -0.15) is 5.10 Å². The average Bonchev–Trinajstić information content (AvgIpc) is 2.98. The van der Waals surface area contributed by atoms with Gasteiger partial charge in [-0.3, -0.25) is 0 Å². The summed E-state index contributed by atoms with van der Waals surface area (Å²) in [7, 11) is 0. The second kappa shape index (κ2) is 3.86. The van der Waals surface area contributed by atoms with E-state index in [1.54, 1.807) is 10.9 Å². The van der Waals surface area contributed by atoms with Crippen LogP contribution in [0.5, 0.6) is 0 Å². The number of para-hydroxylation sites is 1. The van der Waals surface area contributed by atoms with E-state index in [9.17, 15) is 0 Å². The highest BCUT2D eigenvalue weighted by Crippen LogP contribution is 2.21. The Balaban J connectivity index is 2.16. The van der Waals surface area contributed by atoms with Gasteiger partial charge in [0.1, 0.15) is 12.6 Å². The van der Waals surface area contributed by atoms with Gasteiger partial charge in [-0.1, -0.05) is 23.4 Å². The van der Waals surface area contributed by atoms with Crippen LogP contribution >= 0.6 is 0 Å². The fourth-order valence-corrected chi connectivity index (χ4v) is 1.66. The third kappa shape index (κ3) is 1.61. The molecule has 0 saturated heterocycles. The molecule has 5 heteroatoms. The van der Waals surface area contributed by atoms with Crippen molar-refractivity contribution >= 4 is 0 Å². The molecular weight excluding hydrogens is 216 g/mol. The molecular formula is C12H10N4O. The summed E-state index contributed by atoms with van der Waals surface area (Å²) in [5.74, 6) is 0.683. The van der Waals surface area contributed by atoms with Gasteiger partial charge < -0.3 is 4.52 Å². The Bertz CT molecular complexity index is 627. The molecule has 0 unspecified atom stereocenters. The number of hydrogen-bond acceptors (Lipinski definition) is 4. The largest absolute Gasteiger partial charge is 0.364 e. The monoisotopic (exact) mass is 226 g/mol. The summed E-state index contributed by atoms with van der Waals surface area (Å²) in [6.45, 7) is 1.93. The van der Waals surface area contributed by atoms with Crippen LogP contribution in [0.1, 0.15) is 5.56 Å². The summed E-state index contributed by atoms with van der Waals surface area (Å²) >= 11 is 0. The highest BCUT2D eigenvalue weighted by atomic mass is 16.5. The lowest BCUT2D eigenvalue weighted by Crippen LogP contribution is -1.99. The Morgan fingerprint density at radius 2 is 2.00 bits per heavy atom. The van der Waals surface area contributed by atoms with Crippen LogP contribution in [0, 0.1) is 6.92 Å². The maximum Gasteiger partial charge on any atom is 0.185 e. The number of nitrogens with zero attached hydrogens (tertiary/aromatic N) is 4. The van der Waals surface area contributed by atoms with E-state index in [1.165, 1.54) is 6.33 Å². The molecule has 2 heterocycles. The van der Waals surface area contributed by atoms with Crippen molar-refractivity contribution in [2.75, 3.05) is 0 Å². The summed E-state index contributed by atoms with van der Waals surface area (Å²) < 4.78 is 6.67. The normalized spacial score (nSPS) is 10.6. The molecule has 0 N–H and O–H groups in total. The van der Waals surface area contributed by atoms with Crippen LogP contribution in [0.25, 0.3) is 17.2 Å². The number of aryl methyl sites for hydroxylation is 1. The Morgan fingerprint density at radius 1 is 1.18 bits per heavy atom. The predicted molar refractivity (Wildman–Crippen MR) is 61.6 cm³/mol. The van der Waals surface area contributed by atoms with Crippen molar-refractivity contribution in [1.82, 2.24) is 19.9 Å². The Kier molecular flexibility index (Phi) is 2.22. The molecule has 0 spiro atoms. The summed E-state index contributed by atoms with van der Waals surface area (Å²) in [4.78, 5) is 4.23. The SMILES string of the molecule is Cc1conc1-c1ncnn1-c1ccccc1. The Labute approximate surface area is 97.7 Å². The maximum absolute atomic E-state index is 4.93. The van der Waals surface area contributed by atoms with Crippen LogP contribution in [0.15, 0.2) is 47.4 Å². The number of aromatic nitrogens is 4. The standard InChI is InChI=1S/C12H10N4O/c1-9-7-17-15-11(9)12-13-8-14-16(12)10-5-3-2-4-6-10/h2-8H,1H3. The molecule has 2 aromatic heterocycles. The van der Waals surface area contributed by atoms with E-state index in [1.807, 2.05) is 37.3 Å². The molecule has 84 valence electrons. The molecule has 5 nitrogen and oxygen atoms in total. The van der Waals surface area contributed by atoms with Crippen LogP contribution in [-0.2, 0) is 0 Å². The van der Waals surface area contributed by atoms with E-state index in [0.717, 1.165) is 11.3 Å². The minimum Gasteiger partial charge on any atom is -0.364 e. The van der Waals surface area contributed by atoms with Crippen LogP contribution < -0.4 is 0 Å². The van der Waals surface area contributed by atoms with Crippen molar-refractivity contribution in [2.24, 2.45) is 0 Å². The lowest BCUT2D eigenvalue weighted by atomic mass is 10.2. The predicted octanol–water partition coefficient (Wildman–Crippen LogP) is 2.23. The molecule has 0 fully saturated rings. The number of rotatable bonds is 2. The number of hydrogen-bond donors (Lipinski definition) is 0. The second-order valence-corrected chi connectivity index (χ2v) is 3.68. The molecule has 0 aliphatic rings. The van der Waals surface area contributed by atoms with Crippen LogP contribution in [-0.4, -0.2) is 19.9 Å². The lowest BCUT2D eigenvalue weighted by Gasteiger charge is -2.03. The molecule has 3 rings (SSSR count). The van der Waals surface area contributed by atoms with Gasteiger partial charge in [0.25, 0.3) is 0 Å². The van der Waals surface area contributed by atoms with E-state index in [2.05, 4.69) is 15.2 Å². The molecule has 0 radical (unpaired) electrons. The topological polar surface area (TPSA) is 56.7 Å². The van der Waals surface area contributed by atoms with Gasteiger partial charge in [0.15, 0.2) is 11.5 Å². The number of benzene rings is 1. The highest BCUT2D eigenvalue weighted by molar-refractivity contribution is 5.55. The first kappa shape index (κ1) is 9.77. The van der Waals surface area contributed by atoms with E-state index < -0.39 is 0 Å². The van der Waals surface area contributed by atoms with Crippen LogP contribution in [0.3, 0.4) is 0 Å². The van der Waals surface area contributed by atoms with Crippen LogP contribution in [0.2, 0.25) is 0 Å². The van der Waals surface area contributed by atoms with Crippen molar-refractivity contribution < 1.29 is 4.52 Å². The Hall–Kier alpha value is -2.43. The minimum atomic E-state index is 0.683. The van der Waals surface area contributed by atoms with E-state index in [0.29, 0.717) is 11.5 Å². The van der Waals surface area contributed by atoms with E-state index in [4.69, 9.17) is 4.52 Å². The summed E-state index contributed by atoms with van der Waals surface area (Å²) in [5.41, 5.74) is 2.60. The average molecular weight is 226 g/mol. The first-order valence-corrected chi connectivity index (χ1v) is 5.23. The maximum atomic E-state index is 4.93. The van der Waals surface area contributed by atoms with Gasteiger partial charge in [-0.15, -0.1) is 0 Å². The summed E-state index contributed by atoms with van der Waals surface area (Å²) in [6.07, 6.45) is 3.11. The van der Waals surface area contributed by atoms with Crippen molar-refractivity contribution in [3.05, 3.63) is 48.5 Å². The molecule has 0 amide bonds. The van der Waals surface area contributed by atoms with Gasteiger partial charge in [-0.05, 0) is 19.1 Å².